The predicted octanol–water partition coefficient (Wildman–Crippen LogP) is 3.81. The van der Waals surface area contributed by atoms with Crippen LogP contribution in [0.4, 0.5) is 18.9 Å². The van der Waals surface area contributed by atoms with E-state index in [9.17, 15) is 27.9 Å². The molecular formula is C23H25ClF3N3O4S. The lowest BCUT2D eigenvalue weighted by Crippen LogP contribution is -2.52. The Bertz CT molecular complexity index is 1050. The molecule has 190 valence electrons. The number of nitrogens with one attached hydrogen (secondary N) is 2. The van der Waals surface area contributed by atoms with E-state index in [0.29, 0.717) is 37.1 Å². The van der Waals surface area contributed by atoms with Gasteiger partial charge in [-0.25, -0.2) is 0 Å². The highest BCUT2D eigenvalue weighted by Crippen LogP contribution is 2.35. The lowest BCUT2D eigenvalue weighted by atomic mass is 10.1. The molecule has 0 radical (unpaired) electrons. The molecule has 3 N–H and O–H groups in total. The minimum absolute atomic E-state index is 0.0117. The molecule has 3 rings (SSSR count). The lowest BCUT2D eigenvalue weighted by Gasteiger charge is -2.26. The van der Waals surface area contributed by atoms with Crippen molar-refractivity contribution in [3.05, 3.63) is 53.1 Å². The van der Waals surface area contributed by atoms with Gasteiger partial charge in [0.1, 0.15) is 0 Å². The summed E-state index contributed by atoms with van der Waals surface area (Å²) >= 11 is 7.44. The van der Waals surface area contributed by atoms with Crippen molar-refractivity contribution in [3.63, 3.8) is 0 Å². The molecule has 7 nitrogen and oxygen atoms in total. The summed E-state index contributed by atoms with van der Waals surface area (Å²) in [4.78, 5) is 27.9. The van der Waals surface area contributed by atoms with Crippen molar-refractivity contribution < 1.29 is 32.6 Å². The zero-order valence-electron chi connectivity index (χ0n) is 18.8. The van der Waals surface area contributed by atoms with Crippen LogP contribution in [0.1, 0.15) is 17.3 Å². The summed E-state index contributed by atoms with van der Waals surface area (Å²) in [6.45, 7) is 4.78. The van der Waals surface area contributed by atoms with E-state index in [1.165, 1.54) is 23.9 Å². The highest BCUT2D eigenvalue weighted by Gasteiger charge is 2.55. The average Bonchev–Trinajstić information content (AvgIpc) is 2.81. The van der Waals surface area contributed by atoms with Gasteiger partial charge >= 0.3 is 6.18 Å². The normalized spacial score (nSPS) is 16.4. The van der Waals surface area contributed by atoms with Gasteiger partial charge in [-0.05, 0) is 49.4 Å². The second-order valence-electron chi connectivity index (χ2n) is 8.00. The summed E-state index contributed by atoms with van der Waals surface area (Å²) in [5.41, 5.74) is -3.10. The Morgan fingerprint density at radius 2 is 1.74 bits per heavy atom. The maximum atomic E-state index is 12.8. The minimum Gasteiger partial charge on any atom is -0.379 e. The first kappa shape index (κ1) is 27.3. The predicted molar refractivity (Wildman–Crippen MR) is 127 cm³/mol. The van der Waals surface area contributed by atoms with Gasteiger partial charge in [0.15, 0.2) is 0 Å². The number of rotatable bonds is 8. The molecule has 1 atom stereocenters. The summed E-state index contributed by atoms with van der Waals surface area (Å²) in [7, 11) is 0. The van der Waals surface area contributed by atoms with E-state index in [1.54, 1.807) is 30.3 Å². The number of alkyl halides is 3. The molecule has 0 aliphatic carbocycles. The van der Waals surface area contributed by atoms with E-state index in [2.05, 4.69) is 10.2 Å². The molecule has 0 aromatic heterocycles. The summed E-state index contributed by atoms with van der Waals surface area (Å²) in [5.74, 6) is -1.81. The Morgan fingerprint density at radius 1 is 1.11 bits per heavy atom. The number of anilines is 1. The molecule has 1 saturated heterocycles. The molecule has 0 saturated carbocycles. The Balaban J connectivity index is 1.54. The van der Waals surface area contributed by atoms with E-state index in [0.717, 1.165) is 24.5 Å². The van der Waals surface area contributed by atoms with Gasteiger partial charge in [-0.1, -0.05) is 23.4 Å². The van der Waals surface area contributed by atoms with E-state index in [-0.39, 0.29) is 16.6 Å². The molecule has 1 aliphatic heterocycles. The Kier molecular flexibility index (Phi) is 9.05. The van der Waals surface area contributed by atoms with Gasteiger partial charge in [0.05, 0.1) is 23.9 Å². The Hall–Kier alpha value is -2.31. The van der Waals surface area contributed by atoms with Crippen LogP contribution in [0.25, 0.3) is 0 Å². The fraction of sp³-hybridized carbons (Fsp3) is 0.391. The van der Waals surface area contributed by atoms with Crippen LogP contribution in [0, 0.1) is 0 Å². The van der Waals surface area contributed by atoms with Gasteiger partial charge in [0.2, 0.25) is 5.60 Å². The third-order valence-corrected chi connectivity index (χ3v) is 6.66. The van der Waals surface area contributed by atoms with Gasteiger partial charge in [-0.3, -0.25) is 14.5 Å². The van der Waals surface area contributed by atoms with Gasteiger partial charge in [0, 0.05) is 41.5 Å². The molecular weight excluding hydrogens is 507 g/mol. The minimum atomic E-state index is -5.13. The summed E-state index contributed by atoms with van der Waals surface area (Å²) in [6.07, 6.45) is -5.13. The van der Waals surface area contributed by atoms with Gasteiger partial charge in [0.25, 0.3) is 11.8 Å². The van der Waals surface area contributed by atoms with Crippen LogP contribution in [-0.2, 0) is 9.53 Å². The summed E-state index contributed by atoms with van der Waals surface area (Å²) < 4.78 is 43.8. The third-order valence-electron chi connectivity index (χ3n) is 5.35. The average molecular weight is 532 g/mol. The first-order chi connectivity index (χ1) is 16.5. The van der Waals surface area contributed by atoms with Crippen molar-refractivity contribution in [1.29, 1.82) is 0 Å². The Labute approximate surface area is 210 Å². The SMILES string of the molecule is CC(O)(C(=O)Nc1ccc(Sc2ccc(C(=O)NCCN3CCOCC3)cc2)cc1Cl)C(F)(F)F. The summed E-state index contributed by atoms with van der Waals surface area (Å²) in [5, 5.41) is 14.4. The summed E-state index contributed by atoms with van der Waals surface area (Å²) in [6, 6.07) is 11.3. The van der Waals surface area contributed by atoms with E-state index >= 15 is 0 Å². The standard InChI is InChI=1S/C23H25ClF3N3O4S/c1-22(33,23(25,26)27)21(32)29-19-7-6-17(14-18(19)24)35-16-4-2-15(3-5-16)20(31)28-8-9-30-10-12-34-13-11-30/h2-7,14,33H,8-13H2,1H3,(H,28,31)(H,29,32). The van der Waals surface area contributed by atoms with Gasteiger partial charge in [-0.15, -0.1) is 0 Å². The van der Waals surface area contributed by atoms with Crippen LogP contribution in [0.15, 0.2) is 52.3 Å². The number of carbonyl (C=O) groups is 2. The number of hydrogen-bond donors (Lipinski definition) is 3. The fourth-order valence-electron chi connectivity index (χ4n) is 3.10. The van der Waals surface area contributed by atoms with Crippen LogP contribution in [0.5, 0.6) is 0 Å². The van der Waals surface area contributed by atoms with Gasteiger partial charge in [-0.2, -0.15) is 13.2 Å². The quantitative estimate of drug-likeness (QED) is 0.480. The van der Waals surface area contributed by atoms with Gasteiger partial charge < -0.3 is 20.5 Å². The molecule has 1 fully saturated rings. The molecule has 12 heteroatoms. The number of benzene rings is 2. The van der Waals surface area contributed by atoms with Crippen LogP contribution in [-0.4, -0.2) is 73.0 Å². The van der Waals surface area contributed by atoms with Crippen molar-refractivity contribution in [2.24, 2.45) is 0 Å². The fourth-order valence-corrected chi connectivity index (χ4v) is 4.25. The van der Waals surface area contributed by atoms with Crippen molar-refractivity contribution in [3.8, 4) is 0 Å². The van der Waals surface area contributed by atoms with Crippen molar-refractivity contribution >= 4 is 40.9 Å². The van der Waals surface area contributed by atoms with E-state index in [4.69, 9.17) is 16.3 Å². The molecule has 2 aromatic rings. The van der Waals surface area contributed by atoms with E-state index < -0.39 is 17.7 Å². The first-order valence-corrected chi connectivity index (χ1v) is 11.9. The molecule has 1 aliphatic rings. The van der Waals surface area contributed by atoms with Crippen molar-refractivity contribution in [1.82, 2.24) is 10.2 Å². The highest BCUT2D eigenvalue weighted by molar-refractivity contribution is 7.99. The van der Waals surface area contributed by atoms with Crippen LogP contribution >= 0.6 is 23.4 Å². The number of ether oxygens (including phenoxy) is 1. The van der Waals surface area contributed by atoms with Crippen LogP contribution < -0.4 is 10.6 Å². The molecule has 0 spiro atoms. The lowest BCUT2D eigenvalue weighted by molar-refractivity contribution is -0.242. The first-order valence-electron chi connectivity index (χ1n) is 10.7. The topological polar surface area (TPSA) is 90.9 Å². The van der Waals surface area contributed by atoms with Crippen LogP contribution in [0.2, 0.25) is 5.02 Å². The molecule has 0 bridgehead atoms. The number of nitrogens with zero attached hydrogens (tertiary/aromatic N) is 1. The number of aliphatic hydroxyl groups is 1. The molecule has 35 heavy (non-hydrogen) atoms. The largest absolute Gasteiger partial charge is 0.426 e. The van der Waals surface area contributed by atoms with Crippen molar-refractivity contribution in [2.75, 3.05) is 44.7 Å². The second kappa shape index (κ2) is 11.6. The number of hydrogen-bond acceptors (Lipinski definition) is 6. The zero-order chi connectivity index (χ0) is 25.6. The third kappa shape index (κ3) is 7.34. The van der Waals surface area contributed by atoms with Crippen LogP contribution in [0.3, 0.4) is 0 Å². The smallest absolute Gasteiger partial charge is 0.379 e. The molecule has 1 unspecified atom stereocenters. The zero-order valence-corrected chi connectivity index (χ0v) is 20.4. The number of carbonyl (C=O) groups excluding carboxylic acids is 2. The second-order valence-corrected chi connectivity index (χ2v) is 9.56. The monoisotopic (exact) mass is 531 g/mol. The number of halogens is 4. The number of morpholine rings is 1. The molecule has 1 heterocycles. The van der Waals surface area contributed by atoms with Crippen molar-refractivity contribution in [2.45, 2.75) is 28.5 Å². The van der Waals surface area contributed by atoms with E-state index in [1.807, 2.05) is 5.32 Å². The number of amides is 2. The molecule has 2 aromatic carbocycles. The molecule has 2 amide bonds. The maximum Gasteiger partial charge on any atom is 0.426 e. The highest BCUT2D eigenvalue weighted by atomic mass is 35.5. The maximum absolute atomic E-state index is 12.8. The Morgan fingerprint density at radius 3 is 2.34 bits per heavy atom.